The molecule has 0 saturated carbocycles. The second-order valence-corrected chi connectivity index (χ2v) is 17.2. The summed E-state index contributed by atoms with van der Waals surface area (Å²) in [6.45, 7) is 4.17. The molecule has 6 N–H and O–H groups in total. The highest BCUT2D eigenvalue weighted by molar-refractivity contribution is 5.76. The smallest absolute Gasteiger partial charge is 0.305 e. The molecule has 0 aromatic rings. The van der Waals surface area contributed by atoms with Crippen LogP contribution in [0.15, 0.2) is 36.5 Å². The number of unbranched alkanes of at least 4 members (excludes halogenated alkanes) is 23. The molecule has 7 unspecified atom stereocenters. The molecule has 7 atom stereocenters. The van der Waals surface area contributed by atoms with Crippen LogP contribution in [0.1, 0.15) is 206 Å². The monoisotopic (exact) mass is 866 g/mol. The minimum absolute atomic E-state index is 0.0598. The second-order valence-electron chi connectivity index (χ2n) is 17.2. The van der Waals surface area contributed by atoms with Crippen LogP contribution in [0.3, 0.4) is 0 Å². The van der Waals surface area contributed by atoms with Gasteiger partial charge in [-0.25, -0.2) is 0 Å². The minimum Gasteiger partial charge on any atom is -0.466 e. The molecule has 1 heterocycles. The Hall–Kier alpha value is -2.12. The Kier molecular flexibility index (Phi) is 37.9. The van der Waals surface area contributed by atoms with Gasteiger partial charge in [0.05, 0.1) is 32.0 Å². The second kappa shape index (κ2) is 40.6. The van der Waals surface area contributed by atoms with Crippen molar-refractivity contribution >= 4 is 11.9 Å². The number of allylic oxidation sites excluding steroid dienone is 5. The van der Waals surface area contributed by atoms with Gasteiger partial charge < -0.3 is 45.1 Å². The first-order valence-corrected chi connectivity index (χ1v) is 24.8. The van der Waals surface area contributed by atoms with E-state index in [1.807, 2.05) is 6.08 Å². The fraction of sp³-hybridized carbons (Fsp3) is 0.840. The van der Waals surface area contributed by atoms with E-state index < -0.39 is 49.5 Å². The van der Waals surface area contributed by atoms with Crippen molar-refractivity contribution in [2.24, 2.45) is 0 Å². The molecule has 0 aromatic heterocycles. The van der Waals surface area contributed by atoms with E-state index in [0.717, 1.165) is 83.5 Å². The van der Waals surface area contributed by atoms with Crippen LogP contribution in [-0.2, 0) is 23.8 Å². The van der Waals surface area contributed by atoms with E-state index in [9.17, 15) is 35.1 Å². The Morgan fingerprint density at radius 3 is 1.62 bits per heavy atom. The largest absolute Gasteiger partial charge is 0.466 e. The Labute approximate surface area is 371 Å². The standard InChI is InChI=1S/C50H91NO10/c1-3-5-7-9-11-13-16-20-24-28-32-36-43(53)42(41-60-50-49(58)48(57)47(56)44(40-52)61-50)51-45(54)37-33-29-25-21-18-15-19-23-27-31-35-39-59-46(55)38-34-30-26-22-17-14-12-10-8-6-4-2/h16,19-20,23,32,36,42-44,47-50,52-53,56-58H,3-15,17-18,21-22,24-31,33-35,37-41H2,1-2H3,(H,51,54)/b20-16+,23-19-,36-32+. The van der Waals surface area contributed by atoms with Gasteiger partial charge >= 0.3 is 5.97 Å². The SMILES string of the molecule is CCCCCCC/C=C/CC/C=C/C(O)C(COC1OC(CO)C(O)C(O)C1O)NC(=O)CCCCCCC/C=C\CCCCOC(=O)CCCCCCCCCCCCC. The van der Waals surface area contributed by atoms with Crippen molar-refractivity contribution in [3.63, 3.8) is 0 Å². The number of esters is 1. The molecule has 1 aliphatic rings. The lowest BCUT2D eigenvalue weighted by Crippen LogP contribution is -2.60. The van der Waals surface area contributed by atoms with E-state index in [-0.39, 0.29) is 18.5 Å². The highest BCUT2D eigenvalue weighted by Crippen LogP contribution is 2.22. The Morgan fingerprint density at radius 2 is 1.07 bits per heavy atom. The maximum atomic E-state index is 12.9. The first-order valence-electron chi connectivity index (χ1n) is 24.8. The van der Waals surface area contributed by atoms with Crippen LogP contribution in [-0.4, -0.2) is 100 Å². The third-order valence-corrected chi connectivity index (χ3v) is 11.5. The molecule has 1 fully saturated rings. The molecule has 61 heavy (non-hydrogen) atoms. The fourth-order valence-corrected chi connectivity index (χ4v) is 7.44. The van der Waals surface area contributed by atoms with Gasteiger partial charge in [0.2, 0.25) is 5.91 Å². The van der Waals surface area contributed by atoms with Gasteiger partial charge in [0.15, 0.2) is 6.29 Å². The first kappa shape index (κ1) is 56.9. The number of hydrogen-bond acceptors (Lipinski definition) is 10. The number of hydrogen-bond donors (Lipinski definition) is 6. The zero-order valence-corrected chi connectivity index (χ0v) is 38.6. The van der Waals surface area contributed by atoms with Crippen LogP contribution < -0.4 is 5.32 Å². The molecule has 0 bridgehead atoms. The number of aliphatic hydroxyl groups is 5. The summed E-state index contributed by atoms with van der Waals surface area (Å²) >= 11 is 0. The van der Waals surface area contributed by atoms with Crippen LogP contribution in [0.5, 0.6) is 0 Å². The van der Waals surface area contributed by atoms with Crippen molar-refractivity contribution in [1.82, 2.24) is 5.32 Å². The maximum Gasteiger partial charge on any atom is 0.305 e. The first-order chi connectivity index (χ1) is 29.7. The summed E-state index contributed by atoms with van der Waals surface area (Å²) in [4.78, 5) is 25.0. The molecule has 1 aliphatic heterocycles. The van der Waals surface area contributed by atoms with Crippen molar-refractivity contribution in [1.29, 1.82) is 0 Å². The number of amides is 1. The molecule has 0 aromatic carbocycles. The molecular formula is C50H91NO10. The van der Waals surface area contributed by atoms with Crippen LogP contribution in [0, 0.1) is 0 Å². The summed E-state index contributed by atoms with van der Waals surface area (Å²) in [6, 6.07) is -0.847. The summed E-state index contributed by atoms with van der Waals surface area (Å²) in [7, 11) is 0. The quantitative estimate of drug-likeness (QED) is 0.0197. The fourth-order valence-electron chi connectivity index (χ4n) is 7.44. The van der Waals surface area contributed by atoms with Gasteiger partial charge in [0.25, 0.3) is 0 Å². The van der Waals surface area contributed by atoms with Crippen molar-refractivity contribution in [2.45, 2.75) is 249 Å². The number of ether oxygens (including phenoxy) is 3. The molecule has 1 amide bonds. The zero-order chi connectivity index (χ0) is 44.6. The summed E-state index contributed by atoms with van der Waals surface area (Å²) in [5, 5.41) is 54.1. The molecule has 0 aliphatic carbocycles. The molecule has 0 radical (unpaired) electrons. The summed E-state index contributed by atoms with van der Waals surface area (Å²) in [5.74, 6) is -0.283. The van der Waals surface area contributed by atoms with Gasteiger partial charge in [-0.2, -0.15) is 0 Å². The van der Waals surface area contributed by atoms with Crippen molar-refractivity contribution in [2.75, 3.05) is 19.8 Å². The predicted molar refractivity (Wildman–Crippen MR) is 246 cm³/mol. The van der Waals surface area contributed by atoms with E-state index in [0.29, 0.717) is 25.9 Å². The normalized spacial score (nSPS) is 20.5. The average molecular weight is 866 g/mol. The van der Waals surface area contributed by atoms with E-state index in [4.69, 9.17) is 14.2 Å². The molecule has 1 saturated heterocycles. The highest BCUT2D eigenvalue weighted by atomic mass is 16.7. The van der Waals surface area contributed by atoms with Crippen molar-refractivity contribution in [3.05, 3.63) is 36.5 Å². The number of carbonyl (C=O) groups is 2. The Bertz CT molecular complexity index is 1110. The van der Waals surface area contributed by atoms with E-state index in [1.165, 1.54) is 89.9 Å². The van der Waals surface area contributed by atoms with E-state index in [2.05, 4.69) is 43.5 Å². The van der Waals surface area contributed by atoms with Crippen LogP contribution in [0.2, 0.25) is 0 Å². The van der Waals surface area contributed by atoms with Crippen LogP contribution >= 0.6 is 0 Å². The third kappa shape index (κ3) is 31.4. The molecular weight excluding hydrogens is 775 g/mol. The highest BCUT2D eigenvalue weighted by Gasteiger charge is 2.44. The topological polar surface area (TPSA) is 175 Å². The summed E-state index contributed by atoms with van der Waals surface area (Å²) in [6.07, 6.45) is 36.5. The van der Waals surface area contributed by atoms with Crippen molar-refractivity contribution < 1.29 is 49.3 Å². The average Bonchev–Trinajstić information content (AvgIpc) is 3.25. The lowest BCUT2D eigenvalue weighted by molar-refractivity contribution is -0.302. The van der Waals surface area contributed by atoms with Crippen LogP contribution in [0.25, 0.3) is 0 Å². The number of rotatable bonds is 41. The van der Waals surface area contributed by atoms with Gasteiger partial charge in [-0.1, -0.05) is 159 Å². The van der Waals surface area contributed by atoms with Gasteiger partial charge in [-0.3, -0.25) is 9.59 Å². The molecule has 356 valence electrons. The molecule has 11 heteroatoms. The zero-order valence-electron chi connectivity index (χ0n) is 38.6. The summed E-state index contributed by atoms with van der Waals surface area (Å²) in [5.41, 5.74) is 0. The lowest BCUT2D eigenvalue weighted by Gasteiger charge is -2.40. The van der Waals surface area contributed by atoms with Crippen molar-refractivity contribution in [3.8, 4) is 0 Å². The number of carbonyl (C=O) groups excluding carboxylic acids is 2. The van der Waals surface area contributed by atoms with Gasteiger partial charge in [-0.05, 0) is 70.6 Å². The maximum absolute atomic E-state index is 12.9. The third-order valence-electron chi connectivity index (χ3n) is 11.5. The van der Waals surface area contributed by atoms with E-state index in [1.54, 1.807) is 6.08 Å². The van der Waals surface area contributed by atoms with E-state index >= 15 is 0 Å². The molecule has 11 nitrogen and oxygen atoms in total. The number of aliphatic hydroxyl groups excluding tert-OH is 5. The van der Waals surface area contributed by atoms with Gasteiger partial charge in [0, 0.05) is 12.8 Å². The lowest BCUT2D eigenvalue weighted by atomic mass is 9.99. The van der Waals surface area contributed by atoms with Gasteiger partial charge in [-0.15, -0.1) is 0 Å². The van der Waals surface area contributed by atoms with Crippen LogP contribution in [0.4, 0.5) is 0 Å². The van der Waals surface area contributed by atoms with Gasteiger partial charge in [0.1, 0.15) is 24.4 Å². The predicted octanol–water partition coefficient (Wildman–Crippen LogP) is 9.60. The molecule has 0 spiro atoms. The summed E-state index contributed by atoms with van der Waals surface area (Å²) < 4.78 is 16.6. The Morgan fingerprint density at radius 1 is 0.590 bits per heavy atom. The molecule has 1 rings (SSSR count). The number of nitrogens with one attached hydrogen (secondary N) is 1. The Balaban J connectivity index is 2.25. The minimum atomic E-state index is -1.59.